The molecule has 0 aromatic heterocycles. The lowest BCUT2D eigenvalue weighted by Gasteiger charge is -2.36. The number of likely N-dealkylation sites (tertiary alicyclic amines) is 1. The van der Waals surface area contributed by atoms with Crippen molar-refractivity contribution in [3.05, 3.63) is 0 Å². The van der Waals surface area contributed by atoms with E-state index in [0.29, 0.717) is 5.41 Å². The smallest absolute Gasteiger partial charge is 0.0144 e. The zero-order valence-corrected chi connectivity index (χ0v) is 9.93. The molecule has 1 aliphatic heterocycles. The van der Waals surface area contributed by atoms with Gasteiger partial charge in [0.1, 0.15) is 0 Å². The van der Waals surface area contributed by atoms with E-state index < -0.39 is 0 Å². The van der Waals surface area contributed by atoms with Crippen molar-refractivity contribution >= 4 is 0 Å². The number of hydrogen-bond acceptors (Lipinski definition) is 1. The summed E-state index contributed by atoms with van der Waals surface area (Å²) in [6, 6.07) is 0.815. The van der Waals surface area contributed by atoms with Crippen LogP contribution in [0.4, 0.5) is 0 Å². The Morgan fingerprint density at radius 3 is 2.38 bits per heavy atom. The normalized spacial score (nSPS) is 25.8. The van der Waals surface area contributed by atoms with Gasteiger partial charge < -0.3 is 0 Å². The Morgan fingerprint density at radius 2 is 1.92 bits per heavy atom. The van der Waals surface area contributed by atoms with E-state index in [0.717, 1.165) is 12.0 Å². The third kappa shape index (κ3) is 2.98. The Balaban J connectivity index is 2.54. The molecular weight excluding hydrogens is 158 g/mol. The lowest BCUT2D eigenvalue weighted by molar-refractivity contribution is 0.128. The first-order valence-corrected chi connectivity index (χ1v) is 5.65. The minimum absolute atomic E-state index is 0.464. The largest absolute Gasteiger partial charge is 0.300 e. The van der Waals surface area contributed by atoms with Crippen LogP contribution in [-0.2, 0) is 0 Å². The zero-order chi connectivity index (χ0) is 10.1. The molecule has 78 valence electrons. The summed E-state index contributed by atoms with van der Waals surface area (Å²) in [6.07, 6.45) is 2.80. The molecule has 1 aliphatic rings. The predicted octanol–water partition coefficient (Wildman–Crippen LogP) is 3.15. The second kappa shape index (κ2) is 4.00. The molecule has 0 aliphatic carbocycles. The maximum absolute atomic E-state index is 2.69. The third-order valence-electron chi connectivity index (χ3n) is 2.96. The van der Waals surface area contributed by atoms with Gasteiger partial charge in [0.05, 0.1) is 0 Å². The quantitative estimate of drug-likeness (QED) is 0.635. The first-order chi connectivity index (χ1) is 5.91. The highest BCUT2D eigenvalue weighted by Crippen LogP contribution is 2.32. The summed E-state index contributed by atoms with van der Waals surface area (Å²) < 4.78 is 0. The van der Waals surface area contributed by atoms with E-state index in [-0.39, 0.29) is 0 Å². The van der Waals surface area contributed by atoms with Crippen LogP contribution < -0.4 is 0 Å². The van der Waals surface area contributed by atoms with Gasteiger partial charge in [0.2, 0.25) is 0 Å². The second-order valence-electron chi connectivity index (χ2n) is 5.91. The molecule has 0 aromatic rings. The van der Waals surface area contributed by atoms with Gasteiger partial charge >= 0.3 is 0 Å². The summed E-state index contributed by atoms with van der Waals surface area (Å²) in [6.45, 7) is 14.3. The van der Waals surface area contributed by atoms with E-state index in [1.165, 1.54) is 25.9 Å². The molecule has 1 atom stereocenters. The van der Waals surface area contributed by atoms with Crippen LogP contribution in [0.5, 0.6) is 0 Å². The van der Waals surface area contributed by atoms with Crippen LogP contribution in [-0.4, -0.2) is 24.0 Å². The van der Waals surface area contributed by atoms with Crippen molar-refractivity contribution in [2.75, 3.05) is 13.1 Å². The van der Waals surface area contributed by atoms with Crippen molar-refractivity contribution in [2.24, 2.45) is 11.3 Å². The average molecular weight is 183 g/mol. The fourth-order valence-electron chi connectivity index (χ4n) is 2.49. The zero-order valence-electron chi connectivity index (χ0n) is 9.93. The molecule has 13 heavy (non-hydrogen) atoms. The van der Waals surface area contributed by atoms with E-state index in [2.05, 4.69) is 39.5 Å². The van der Waals surface area contributed by atoms with Gasteiger partial charge in [-0.15, -0.1) is 0 Å². The molecule has 1 fully saturated rings. The molecule has 0 bridgehead atoms. The molecule has 1 nitrogen and oxygen atoms in total. The van der Waals surface area contributed by atoms with E-state index >= 15 is 0 Å². The average Bonchev–Trinajstić information content (AvgIpc) is 2.31. The Hall–Kier alpha value is -0.0400. The molecule has 1 heteroatoms. The van der Waals surface area contributed by atoms with Gasteiger partial charge in [-0.3, -0.25) is 4.90 Å². The lowest BCUT2D eigenvalue weighted by atomic mass is 9.85. The molecular formula is C12H25N. The van der Waals surface area contributed by atoms with Crippen LogP contribution >= 0.6 is 0 Å². The van der Waals surface area contributed by atoms with Crippen molar-refractivity contribution in [1.29, 1.82) is 0 Å². The summed E-state index contributed by atoms with van der Waals surface area (Å²) in [5.74, 6) is 0.808. The van der Waals surface area contributed by atoms with Crippen LogP contribution in [0.1, 0.15) is 47.5 Å². The summed E-state index contributed by atoms with van der Waals surface area (Å²) in [7, 11) is 0. The van der Waals surface area contributed by atoms with Crippen LogP contribution in [0.2, 0.25) is 0 Å². The van der Waals surface area contributed by atoms with Gasteiger partial charge in [-0.05, 0) is 30.7 Å². The summed E-state index contributed by atoms with van der Waals surface area (Å²) in [4.78, 5) is 2.69. The minimum atomic E-state index is 0.464. The topological polar surface area (TPSA) is 3.24 Å². The van der Waals surface area contributed by atoms with Gasteiger partial charge in [0.25, 0.3) is 0 Å². The fraction of sp³-hybridized carbons (Fsp3) is 1.00. The molecule has 0 amide bonds. The fourth-order valence-corrected chi connectivity index (χ4v) is 2.49. The van der Waals surface area contributed by atoms with Crippen LogP contribution in [0.15, 0.2) is 0 Å². The number of nitrogens with zero attached hydrogens (tertiary/aromatic N) is 1. The van der Waals surface area contributed by atoms with E-state index in [4.69, 9.17) is 0 Å². The van der Waals surface area contributed by atoms with E-state index in [1.54, 1.807) is 0 Å². The maximum Gasteiger partial charge on any atom is 0.0144 e. The molecule has 0 radical (unpaired) electrons. The molecule has 0 unspecified atom stereocenters. The van der Waals surface area contributed by atoms with Gasteiger partial charge in [-0.2, -0.15) is 0 Å². The summed E-state index contributed by atoms with van der Waals surface area (Å²) in [5, 5.41) is 0. The highest BCUT2D eigenvalue weighted by Gasteiger charge is 2.33. The van der Waals surface area contributed by atoms with Gasteiger partial charge in [-0.25, -0.2) is 0 Å². The first kappa shape index (κ1) is 11.0. The predicted molar refractivity (Wildman–Crippen MR) is 58.9 cm³/mol. The second-order valence-corrected chi connectivity index (χ2v) is 5.91. The minimum Gasteiger partial charge on any atom is -0.300 e. The Labute approximate surface area is 83.5 Å². The lowest BCUT2D eigenvalue weighted by Crippen LogP contribution is -2.41. The Bertz CT molecular complexity index is 155. The van der Waals surface area contributed by atoms with Crippen molar-refractivity contribution in [1.82, 2.24) is 4.90 Å². The highest BCUT2D eigenvalue weighted by molar-refractivity contribution is 4.88. The molecule has 1 heterocycles. The monoisotopic (exact) mass is 183 g/mol. The van der Waals surface area contributed by atoms with Crippen molar-refractivity contribution < 1.29 is 0 Å². The molecule has 1 saturated heterocycles. The van der Waals surface area contributed by atoms with Crippen LogP contribution in [0, 0.1) is 11.3 Å². The standard InChI is InChI=1S/C12H25N/c1-10(2)9-13-8-6-7-11(13)12(3,4)5/h10-11H,6-9H2,1-5H3/t11-/m0/s1. The summed E-state index contributed by atoms with van der Waals surface area (Å²) >= 11 is 0. The molecule has 0 N–H and O–H groups in total. The number of rotatable bonds is 2. The third-order valence-corrected chi connectivity index (χ3v) is 2.96. The molecule has 0 saturated carbocycles. The maximum atomic E-state index is 2.69. The van der Waals surface area contributed by atoms with Crippen molar-refractivity contribution in [3.8, 4) is 0 Å². The molecule has 0 aromatic carbocycles. The van der Waals surface area contributed by atoms with Crippen molar-refractivity contribution in [2.45, 2.75) is 53.5 Å². The van der Waals surface area contributed by atoms with Gasteiger partial charge in [-0.1, -0.05) is 34.6 Å². The van der Waals surface area contributed by atoms with E-state index in [9.17, 15) is 0 Å². The first-order valence-electron chi connectivity index (χ1n) is 5.65. The SMILES string of the molecule is CC(C)CN1CCC[C@H]1C(C)(C)C. The van der Waals surface area contributed by atoms with Gasteiger partial charge in [0.15, 0.2) is 0 Å². The van der Waals surface area contributed by atoms with Crippen LogP contribution in [0.3, 0.4) is 0 Å². The number of hydrogen-bond donors (Lipinski definition) is 0. The van der Waals surface area contributed by atoms with Crippen molar-refractivity contribution in [3.63, 3.8) is 0 Å². The van der Waals surface area contributed by atoms with Crippen LogP contribution in [0.25, 0.3) is 0 Å². The Kier molecular flexibility index (Phi) is 3.39. The van der Waals surface area contributed by atoms with E-state index in [1.807, 2.05) is 0 Å². The molecule has 0 spiro atoms. The summed E-state index contributed by atoms with van der Waals surface area (Å²) in [5.41, 5.74) is 0.464. The Morgan fingerprint density at radius 1 is 1.31 bits per heavy atom. The highest BCUT2D eigenvalue weighted by atomic mass is 15.2. The molecule has 1 rings (SSSR count). The van der Waals surface area contributed by atoms with Gasteiger partial charge in [0, 0.05) is 12.6 Å².